The van der Waals surface area contributed by atoms with E-state index < -0.39 is 6.04 Å². The van der Waals surface area contributed by atoms with E-state index in [1.807, 2.05) is 18.2 Å². The highest BCUT2D eigenvalue weighted by Gasteiger charge is 2.35. The summed E-state index contributed by atoms with van der Waals surface area (Å²) >= 11 is 0. The Morgan fingerprint density at radius 2 is 1.73 bits per heavy atom. The highest BCUT2D eigenvalue weighted by atomic mass is 19.1. The Morgan fingerprint density at radius 3 is 2.52 bits per heavy atom. The molecule has 0 fully saturated rings. The van der Waals surface area contributed by atoms with Crippen molar-refractivity contribution in [1.82, 2.24) is 9.99 Å². The third-order valence-corrected chi connectivity index (χ3v) is 5.70. The van der Waals surface area contributed by atoms with Crippen molar-refractivity contribution in [3.05, 3.63) is 120 Å². The van der Waals surface area contributed by atoms with Gasteiger partial charge in [0.1, 0.15) is 11.6 Å². The van der Waals surface area contributed by atoms with Crippen molar-refractivity contribution in [2.24, 2.45) is 5.10 Å². The number of amides is 1. The summed E-state index contributed by atoms with van der Waals surface area (Å²) in [6, 6.07) is 23.5. The lowest BCUT2D eigenvalue weighted by molar-refractivity contribution is 0.0709. The number of nitrogens with zero attached hydrogens (tertiary/aromatic N) is 3. The van der Waals surface area contributed by atoms with Crippen molar-refractivity contribution < 1.29 is 14.3 Å². The van der Waals surface area contributed by atoms with E-state index in [-0.39, 0.29) is 17.5 Å². The number of aromatic hydroxyl groups is 1. The van der Waals surface area contributed by atoms with Crippen LogP contribution in [0.4, 0.5) is 4.39 Å². The lowest BCUT2D eigenvalue weighted by atomic mass is 9.97. The number of para-hydroxylation sites is 1. The first-order valence-electron chi connectivity index (χ1n) is 10.6. The molecule has 1 atom stereocenters. The van der Waals surface area contributed by atoms with E-state index in [4.69, 9.17) is 0 Å². The monoisotopic (exact) mass is 437 g/mol. The maximum Gasteiger partial charge on any atom is 0.274 e. The van der Waals surface area contributed by atoms with Gasteiger partial charge in [-0.15, -0.1) is 0 Å². The zero-order valence-corrected chi connectivity index (χ0v) is 17.6. The summed E-state index contributed by atoms with van der Waals surface area (Å²) in [6.07, 6.45) is 3.81. The second-order valence-corrected chi connectivity index (χ2v) is 7.78. The number of rotatable bonds is 4. The molecular formula is C27H20FN3O2. The minimum absolute atomic E-state index is 0.100. The van der Waals surface area contributed by atoms with Gasteiger partial charge in [-0.2, -0.15) is 5.10 Å². The number of phenols is 1. The molecule has 5 nitrogen and oxygen atoms in total. The Morgan fingerprint density at radius 1 is 0.939 bits per heavy atom. The Bertz CT molecular complexity index is 1350. The number of halogens is 1. The number of hydrazone groups is 1. The Hall–Kier alpha value is -4.32. The molecule has 2 heterocycles. The molecule has 1 amide bonds. The number of benzene rings is 3. The lowest BCUT2D eigenvalue weighted by Gasteiger charge is -2.23. The molecule has 1 unspecified atom stereocenters. The van der Waals surface area contributed by atoms with Crippen LogP contribution in [0.15, 0.2) is 102 Å². The summed E-state index contributed by atoms with van der Waals surface area (Å²) in [5, 5.41) is 16.5. The molecule has 0 saturated carbocycles. The first kappa shape index (κ1) is 20.6. The molecule has 0 spiro atoms. The molecule has 3 aromatic carbocycles. The van der Waals surface area contributed by atoms with E-state index in [2.05, 4.69) is 10.1 Å². The largest absolute Gasteiger partial charge is 0.508 e. The second kappa shape index (κ2) is 8.67. The zero-order valence-electron chi connectivity index (χ0n) is 17.6. The van der Waals surface area contributed by atoms with Crippen molar-refractivity contribution in [2.45, 2.75) is 12.5 Å². The molecule has 1 aromatic heterocycles. The highest BCUT2D eigenvalue weighted by Crippen LogP contribution is 2.38. The van der Waals surface area contributed by atoms with Crippen molar-refractivity contribution in [3.8, 4) is 16.9 Å². The van der Waals surface area contributed by atoms with Crippen LogP contribution in [0.1, 0.15) is 33.9 Å². The summed E-state index contributed by atoms with van der Waals surface area (Å²) in [7, 11) is 0. The smallest absolute Gasteiger partial charge is 0.274 e. The summed E-state index contributed by atoms with van der Waals surface area (Å²) in [5.41, 5.74) is 3.54. The minimum Gasteiger partial charge on any atom is -0.508 e. The number of pyridine rings is 1. The van der Waals surface area contributed by atoms with Gasteiger partial charge < -0.3 is 5.11 Å². The third kappa shape index (κ3) is 3.99. The lowest BCUT2D eigenvalue weighted by Crippen LogP contribution is -2.27. The molecule has 162 valence electrons. The van der Waals surface area contributed by atoms with Gasteiger partial charge in [-0.1, -0.05) is 54.6 Å². The summed E-state index contributed by atoms with van der Waals surface area (Å²) in [5.74, 6) is -0.587. The maximum atomic E-state index is 14.3. The van der Waals surface area contributed by atoms with Crippen LogP contribution < -0.4 is 0 Å². The molecular weight excluding hydrogens is 417 g/mol. The molecule has 5 rings (SSSR count). The van der Waals surface area contributed by atoms with Gasteiger partial charge in [0.25, 0.3) is 5.91 Å². The van der Waals surface area contributed by atoms with E-state index in [9.17, 15) is 14.3 Å². The average Bonchev–Trinajstić information content (AvgIpc) is 3.30. The predicted molar refractivity (Wildman–Crippen MR) is 124 cm³/mol. The van der Waals surface area contributed by atoms with Gasteiger partial charge in [0.2, 0.25) is 0 Å². The van der Waals surface area contributed by atoms with Gasteiger partial charge in [-0.25, -0.2) is 9.40 Å². The van der Waals surface area contributed by atoms with Crippen molar-refractivity contribution in [2.75, 3.05) is 0 Å². The molecule has 6 heteroatoms. The first-order valence-corrected chi connectivity index (χ1v) is 10.6. The molecule has 1 aliphatic rings. The number of hydrogen-bond acceptors (Lipinski definition) is 4. The first-order chi connectivity index (χ1) is 16.1. The topological polar surface area (TPSA) is 65.8 Å². The second-order valence-electron chi connectivity index (χ2n) is 7.78. The minimum atomic E-state index is -0.481. The molecule has 1 N–H and O–H groups in total. The number of carbonyl (C=O) groups is 1. The number of phenolic OH excluding ortho intramolecular Hbond substituents is 1. The Kier molecular flexibility index (Phi) is 5.40. The van der Waals surface area contributed by atoms with Gasteiger partial charge in [0.15, 0.2) is 0 Å². The van der Waals surface area contributed by atoms with E-state index >= 15 is 0 Å². The van der Waals surface area contributed by atoms with Gasteiger partial charge in [0, 0.05) is 41.1 Å². The van der Waals surface area contributed by atoms with E-state index in [1.165, 1.54) is 11.1 Å². The fraction of sp³-hybridized carbons (Fsp3) is 0.0741. The molecule has 0 aliphatic carbocycles. The van der Waals surface area contributed by atoms with Crippen LogP contribution in [0.25, 0.3) is 11.1 Å². The van der Waals surface area contributed by atoms with Crippen LogP contribution in [0.2, 0.25) is 0 Å². The van der Waals surface area contributed by atoms with Crippen LogP contribution in [-0.2, 0) is 0 Å². The van der Waals surface area contributed by atoms with Gasteiger partial charge in [-0.3, -0.25) is 9.78 Å². The van der Waals surface area contributed by atoms with Crippen molar-refractivity contribution >= 4 is 11.6 Å². The van der Waals surface area contributed by atoms with Gasteiger partial charge >= 0.3 is 0 Å². The normalized spacial score (nSPS) is 15.4. The number of hydrogen-bond donors (Lipinski definition) is 1. The molecule has 0 saturated heterocycles. The van der Waals surface area contributed by atoms with Gasteiger partial charge in [-0.05, 0) is 35.9 Å². The fourth-order valence-corrected chi connectivity index (χ4v) is 4.06. The number of aromatic nitrogens is 1. The van der Waals surface area contributed by atoms with Crippen LogP contribution in [0, 0.1) is 5.82 Å². The molecule has 33 heavy (non-hydrogen) atoms. The maximum absolute atomic E-state index is 14.3. The predicted octanol–water partition coefficient (Wildman–Crippen LogP) is 5.58. The quantitative estimate of drug-likeness (QED) is 0.453. The van der Waals surface area contributed by atoms with Crippen LogP contribution in [-0.4, -0.2) is 26.7 Å². The van der Waals surface area contributed by atoms with Gasteiger partial charge in [0.05, 0.1) is 11.8 Å². The summed E-state index contributed by atoms with van der Waals surface area (Å²) < 4.78 is 14.3. The summed E-state index contributed by atoms with van der Waals surface area (Å²) in [4.78, 5) is 17.8. The molecule has 0 radical (unpaired) electrons. The van der Waals surface area contributed by atoms with E-state index in [0.717, 1.165) is 5.56 Å². The summed E-state index contributed by atoms with van der Waals surface area (Å²) in [6.45, 7) is 0. The Labute approximate surface area is 190 Å². The van der Waals surface area contributed by atoms with Crippen LogP contribution >= 0.6 is 0 Å². The SMILES string of the molecule is O=C(c1cccc(-c2ccccc2F)c1)N1N=C(c2cccnc2)CC1c1ccccc1O. The molecule has 1 aliphatic heterocycles. The van der Waals surface area contributed by atoms with E-state index in [0.29, 0.717) is 34.4 Å². The standard InChI is InChI=1S/C27H20FN3O2/c28-23-12-3-1-10-21(23)18-7-5-8-19(15-18)27(33)31-25(22-11-2-4-13-26(22)32)16-24(30-31)20-9-6-14-29-17-20/h1-15,17,25,32H,16H2. The molecule has 4 aromatic rings. The average molecular weight is 437 g/mol. The Balaban J connectivity index is 1.55. The molecule has 0 bridgehead atoms. The van der Waals surface area contributed by atoms with Crippen LogP contribution in [0.5, 0.6) is 5.75 Å². The van der Waals surface area contributed by atoms with E-state index in [1.54, 1.807) is 73.1 Å². The van der Waals surface area contributed by atoms with Crippen molar-refractivity contribution in [3.63, 3.8) is 0 Å². The fourth-order valence-electron chi connectivity index (χ4n) is 4.06. The highest BCUT2D eigenvalue weighted by molar-refractivity contribution is 6.05. The zero-order chi connectivity index (χ0) is 22.8. The van der Waals surface area contributed by atoms with Crippen molar-refractivity contribution in [1.29, 1.82) is 0 Å². The number of carbonyl (C=O) groups excluding carboxylic acids is 1. The van der Waals surface area contributed by atoms with Crippen LogP contribution in [0.3, 0.4) is 0 Å². The third-order valence-electron chi connectivity index (χ3n) is 5.70.